The van der Waals surface area contributed by atoms with Gasteiger partial charge in [0.25, 0.3) is 0 Å². The Kier molecular flexibility index (Phi) is 20.9. The Hall–Kier alpha value is -0.790. The first-order valence-corrected chi connectivity index (χ1v) is 13.4. The number of rotatable bonds is 22. The molecule has 0 aromatic heterocycles. The van der Waals surface area contributed by atoms with Crippen LogP contribution in [0.4, 0.5) is 0 Å². The van der Waals surface area contributed by atoms with Crippen molar-refractivity contribution in [2.24, 2.45) is 5.41 Å². The van der Waals surface area contributed by atoms with Crippen molar-refractivity contribution in [1.29, 1.82) is 0 Å². The van der Waals surface area contributed by atoms with E-state index in [0.717, 1.165) is 19.3 Å². The molecule has 0 fully saturated rings. The van der Waals surface area contributed by atoms with Crippen LogP contribution in [0.5, 0.6) is 0 Å². The Bertz CT molecular complexity index is 397. The van der Waals surface area contributed by atoms with Crippen molar-refractivity contribution < 1.29 is 9.53 Å². The number of allylic oxidation sites excluding steroid dienone is 2. The summed E-state index contributed by atoms with van der Waals surface area (Å²) >= 11 is 0. The average Bonchev–Trinajstić information content (AvgIpc) is 2.73. The number of esters is 1. The molecule has 0 aliphatic carbocycles. The molecular formula is C28H54O2. The van der Waals surface area contributed by atoms with Crippen molar-refractivity contribution in [3.8, 4) is 0 Å². The van der Waals surface area contributed by atoms with Crippen molar-refractivity contribution in [3.63, 3.8) is 0 Å². The lowest BCUT2D eigenvalue weighted by Gasteiger charge is -2.22. The Morgan fingerprint density at radius 3 is 1.60 bits per heavy atom. The lowest BCUT2D eigenvalue weighted by Crippen LogP contribution is -2.27. The zero-order chi connectivity index (χ0) is 22.3. The van der Waals surface area contributed by atoms with Gasteiger partial charge in [-0.1, -0.05) is 109 Å². The first-order valence-electron chi connectivity index (χ1n) is 13.4. The summed E-state index contributed by atoms with van der Waals surface area (Å²) in [6.07, 6.45) is 28.8. The molecule has 0 amide bonds. The molecule has 0 aromatic carbocycles. The molecule has 0 aromatic rings. The minimum Gasteiger partial charge on any atom is -0.465 e. The molecule has 0 heterocycles. The van der Waals surface area contributed by atoms with Crippen LogP contribution in [0.15, 0.2) is 12.2 Å². The largest absolute Gasteiger partial charge is 0.465 e. The molecule has 0 rings (SSSR count). The quantitative estimate of drug-likeness (QED) is 0.0985. The second kappa shape index (κ2) is 21.4. The van der Waals surface area contributed by atoms with Crippen molar-refractivity contribution in [1.82, 2.24) is 0 Å². The Labute approximate surface area is 189 Å². The lowest BCUT2D eigenvalue weighted by molar-refractivity contribution is -0.154. The smallest absolute Gasteiger partial charge is 0.311 e. The number of carbonyl (C=O) groups is 1. The van der Waals surface area contributed by atoms with Gasteiger partial charge in [-0.3, -0.25) is 4.79 Å². The SMILES string of the molecule is CCCCCCCC/C=C\CCCCCCCCOC(=O)C(C)(C)CCCCCC. The van der Waals surface area contributed by atoms with E-state index in [1.54, 1.807) is 0 Å². The summed E-state index contributed by atoms with van der Waals surface area (Å²) in [5.74, 6) is -0.00764. The van der Waals surface area contributed by atoms with E-state index < -0.39 is 0 Å². The number of carbonyl (C=O) groups excluding carboxylic acids is 1. The third-order valence-electron chi connectivity index (χ3n) is 6.10. The average molecular weight is 423 g/mol. The fourth-order valence-corrected chi connectivity index (χ4v) is 3.81. The fourth-order valence-electron chi connectivity index (χ4n) is 3.81. The summed E-state index contributed by atoms with van der Waals surface area (Å²) in [4.78, 5) is 12.3. The van der Waals surface area contributed by atoms with Gasteiger partial charge in [-0.05, 0) is 52.4 Å². The van der Waals surface area contributed by atoms with Gasteiger partial charge in [0, 0.05) is 0 Å². The van der Waals surface area contributed by atoms with E-state index in [0.29, 0.717) is 6.61 Å². The summed E-state index contributed by atoms with van der Waals surface area (Å²) in [5, 5.41) is 0. The molecule has 0 aliphatic rings. The van der Waals surface area contributed by atoms with Crippen molar-refractivity contribution in [2.45, 2.75) is 150 Å². The fraction of sp³-hybridized carbons (Fsp3) is 0.893. The second-order valence-corrected chi connectivity index (χ2v) is 9.77. The first kappa shape index (κ1) is 29.2. The van der Waals surface area contributed by atoms with Gasteiger partial charge in [-0.2, -0.15) is 0 Å². The predicted molar refractivity (Wildman–Crippen MR) is 133 cm³/mol. The maximum absolute atomic E-state index is 12.3. The minimum absolute atomic E-state index is 0.00764. The van der Waals surface area contributed by atoms with E-state index in [4.69, 9.17) is 4.74 Å². The Morgan fingerprint density at radius 1 is 0.633 bits per heavy atom. The van der Waals surface area contributed by atoms with E-state index in [2.05, 4.69) is 26.0 Å². The molecule has 0 bridgehead atoms. The summed E-state index contributed by atoms with van der Waals surface area (Å²) in [6.45, 7) is 9.15. The highest BCUT2D eigenvalue weighted by molar-refractivity contribution is 5.75. The van der Waals surface area contributed by atoms with E-state index in [9.17, 15) is 4.79 Å². The van der Waals surface area contributed by atoms with Crippen LogP contribution >= 0.6 is 0 Å². The summed E-state index contributed by atoms with van der Waals surface area (Å²) in [5.41, 5.74) is -0.323. The van der Waals surface area contributed by atoms with Crippen LogP contribution in [0.1, 0.15) is 150 Å². The van der Waals surface area contributed by atoms with Crippen LogP contribution in [0.25, 0.3) is 0 Å². The predicted octanol–water partition coefficient (Wildman–Crippen LogP) is 9.56. The zero-order valence-corrected chi connectivity index (χ0v) is 21.1. The molecule has 0 spiro atoms. The lowest BCUT2D eigenvalue weighted by atomic mass is 9.87. The van der Waals surface area contributed by atoms with E-state index in [-0.39, 0.29) is 11.4 Å². The van der Waals surface area contributed by atoms with Gasteiger partial charge < -0.3 is 4.74 Å². The zero-order valence-electron chi connectivity index (χ0n) is 21.1. The van der Waals surface area contributed by atoms with Gasteiger partial charge in [0.15, 0.2) is 0 Å². The van der Waals surface area contributed by atoms with Gasteiger partial charge >= 0.3 is 5.97 Å². The molecule has 0 saturated heterocycles. The summed E-state index contributed by atoms with van der Waals surface area (Å²) in [7, 11) is 0. The maximum atomic E-state index is 12.3. The topological polar surface area (TPSA) is 26.3 Å². The minimum atomic E-state index is -0.323. The van der Waals surface area contributed by atoms with Crippen molar-refractivity contribution in [2.75, 3.05) is 6.61 Å². The maximum Gasteiger partial charge on any atom is 0.311 e. The van der Waals surface area contributed by atoms with Crippen LogP contribution in [0, 0.1) is 5.41 Å². The Balaban J connectivity index is 3.41. The van der Waals surface area contributed by atoms with E-state index in [1.165, 1.54) is 103 Å². The molecule has 0 unspecified atom stereocenters. The first-order chi connectivity index (χ1) is 14.5. The third-order valence-corrected chi connectivity index (χ3v) is 6.10. The molecule has 0 saturated carbocycles. The second-order valence-electron chi connectivity index (χ2n) is 9.77. The van der Waals surface area contributed by atoms with Gasteiger partial charge in [0.2, 0.25) is 0 Å². The van der Waals surface area contributed by atoms with Crippen LogP contribution < -0.4 is 0 Å². The third kappa shape index (κ3) is 19.2. The van der Waals surface area contributed by atoms with Gasteiger partial charge in [-0.15, -0.1) is 0 Å². The molecule has 0 radical (unpaired) electrons. The van der Waals surface area contributed by atoms with Crippen LogP contribution in [0.3, 0.4) is 0 Å². The van der Waals surface area contributed by atoms with Gasteiger partial charge in [-0.25, -0.2) is 0 Å². The summed E-state index contributed by atoms with van der Waals surface area (Å²) < 4.78 is 5.53. The molecule has 30 heavy (non-hydrogen) atoms. The molecule has 0 N–H and O–H groups in total. The number of hydrogen-bond donors (Lipinski definition) is 0. The van der Waals surface area contributed by atoms with Crippen LogP contribution in [-0.4, -0.2) is 12.6 Å². The highest BCUT2D eigenvalue weighted by Crippen LogP contribution is 2.26. The summed E-state index contributed by atoms with van der Waals surface area (Å²) in [6, 6.07) is 0. The highest BCUT2D eigenvalue weighted by atomic mass is 16.5. The van der Waals surface area contributed by atoms with Crippen molar-refractivity contribution >= 4 is 5.97 Å². The van der Waals surface area contributed by atoms with Gasteiger partial charge in [0.05, 0.1) is 12.0 Å². The Morgan fingerprint density at radius 2 is 1.07 bits per heavy atom. The number of ether oxygens (including phenoxy) is 1. The van der Waals surface area contributed by atoms with Crippen LogP contribution in [-0.2, 0) is 9.53 Å². The normalized spacial score (nSPS) is 12.0. The number of hydrogen-bond acceptors (Lipinski definition) is 2. The van der Waals surface area contributed by atoms with Gasteiger partial charge in [0.1, 0.15) is 0 Å². The van der Waals surface area contributed by atoms with E-state index in [1.807, 2.05) is 13.8 Å². The monoisotopic (exact) mass is 422 g/mol. The van der Waals surface area contributed by atoms with E-state index >= 15 is 0 Å². The van der Waals surface area contributed by atoms with Crippen molar-refractivity contribution in [3.05, 3.63) is 12.2 Å². The molecule has 178 valence electrons. The molecule has 2 nitrogen and oxygen atoms in total. The standard InChI is InChI=1S/C28H54O2/c1-5-7-9-11-12-13-14-15-16-17-18-19-20-21-22-24-26-30-27(29)28(3,4)25-23-10-8-6-2/h15-16H,5-14,17-26H2,1-4H3/b16-15-. The molecule has 0 atom stereocenters. The number of unbranched alkanes of at least 4 members (excludes halogenated alkanes) is 15. The molecular weight excluding hydrogens is 368 g/mol. The molecule has 0 aliphatic heterocycles. The highest BCUT2D eigenvalue weighted by Gasteiger charge is 2.28. The van der Waals surface area contributed by atoms with Crippen LogP contribution in [0.2, 0.25) is 0 Å². The molecule has 2 heteroatoms.